The fourth-order valence-electron chi connectivity index (χ4n) is 10.9. The Hall–Kier alpha value is -3.91. The van der Waals surface area contributed by atoms with Gasteiger partial charge in [-0.3, -0.25) is 9.80 Å². The van der Waals surface area contributed by atoms with Gasteiger partial charge in [-0.1, -0.05) is 25.1 Å². The molecule has 7 heterocycles. The Morgan fingerprint density at radius 3 is 2.75 bits per heavy atom. The molecule has 3 aromatic carbocycles. The monoisotopic (exact) mass is 758 g/mol. The van der Waals surface area contributed by atoms with Crippen LogP contribution in [-0.2, 0) is 11.2 Å². The summed E-state index contributed by atoms with van der Waals surface area (Å²) in [6.07, 6.45) is 2.81. The third kappa shape index (κ3) is 6.07. The van der Waals surface area contributed by atoms with Crippen molar-refractivity contribution < 1.29 is 32.5 Å². The molecule has 6 aliphatic rings. The maximum Gasteiger partial charge on any atom is 0.319 e. The smallest absolute Gasteiger partial charge is 0.319 e. The van der Waals surface area contributed by atoms with Crippen LogP contribution in [0.25, 0.3) is 32.8 Å². The van der Waals surface area contributed by atoms with E-state index < -0.39 is 23.3 Å². The molecule has 0 amide bonds. The zero-order chi connectivity index (χ0) is 37.4. The van der Waals surface area contributed by atoms with Crippen LogP contribution >= 0.6 is 0 Å². The van der Waals surface area contributed by atoms with Crippen LogP contribution in [0.4, 0.5) is 19.0 Å². The molecule has 1 aromatic heterocycles. The summed E-state index contributed by atoms with van der Waals surface area (Å²) < 4.78 is 68.6. The number of nitrogens with one attached hydrogen (secondary N) is 1. The molecule has 0 radical (unpaired) electrons. The fourth-order valence-corrected chi connectivity index (χ4v) is 10.9. The molecule has 2 bridgehead atoms. The first-order valence-electron chi connectivity index (χ1n) is 20.2. The third-order valence-electron chi connectivity index (χ3n) is 13.4. The average Bonchev–Trinajstić information content (AvgIpc) is 3.38. The van der Waals surface area contributed by atoms with Crippen LogP contribution in [0, 0.1) is 29.4 Å². The Balaban J connectivity index is 1.10. The molecule has 0 spiro atoms. The van der Waals surface area contributed by atoms with Crippen molar-refractivity contribution in [3.63, 3.8) is 0 Å². The molecule has 292 valence electrons. The number of hydrogen-bond acceptors (Lipinski definition) is 10. The normalized spacial score (nSPS) is 29.5. The van der Waals surface area contributed by atoms with Crippen LogP contribution in [-0.4, -0.2) is 121 Å². The topological polar surface area (TPSA) is 95.5 Å². The van der Waals surface area contributed by atoms with Gasteiger partial charge in [0.15, 0.2) is 17.4 Å². The second kappa shape index (κ2) is 13.9. The van der Waals surface area contributed by atoms with Gasteiger partial charge in [-0.2, -0.15) is 9.97 Å². The molecule has 6 atom stereocenters. The van der Waals surface area contributed by atoms with E-state index in [0.29, 0.717) is 54.4 Å². The average molecular weight is 759 g/mol. The largest absolute Gasteiger partial charge is 0.508 e. The maximum atomic E-state index is 17.5. The summed E-state index contributed by atoms with van der Waals surface area (Å²) in [6.45, 7) is 9.96. The van der Waals surface area contributed by atoms with Crippen molar-refractivity contribution in [2.75, 3.05) is 83.7 Å². The first-order chi connectivity index (χ1) is 26.8. The lowest BCUT2D eigenvalue weighted by atomic mass is 9.90. The Kier molecular flexibility index (Phi) is 8.99. The number of fused-ring (bicyclic) bond motifs is 8. The lowest BCUT2D eigenvalue weighted by Crippen LogP contribution is -2.50. The van der Waals surface area contributed by atoms with Crippen LogP contribution in [0.5, 0.6) is 17.5 Å². The highest BCUT2D eigenvalue weighted by atomic mass is 19.1. The third-order valence-corrected chi connectivity index (χ3v) is 13.4. The van der Waals surface area contributed by atoms with E-state index in [2.05, 4.69) is 20.0 Å². The van der Waals surface area contributed by atoms with Crippen molar-refractivity contribution in [3.05, 3.63) is 47.5 Å². The van der Waals surface area contributed by atoms with E-state index in [0.717, 1.165) is 77.3 Å². The standard InChI is InChI=1S/C42H49F3N6O4/c1-2-26-4-3-5-27-12-30(52)13-31(33(26)27)34-36(44)38-35-39(37(34)45)54-22-32-28-7-6-24(16-46-17-28)20-51(32)40(35)48-41(47-38)55-23-42-14-25(18-49-8-10-53-11-9-49)19-50(42)21-29(43)15-42/h3-5,12-13,24-25,28-29,32,46,52H,2,6-11,14-23H2,1H3/t24?,25-,28?,29-,32?,42+/m1/s1. The van der Waals surface area contributed by atoms with Crippen molar-refractivity contribution in [1.82, 2.24) is 25.1 Å². The van der Waals surface area contributed by atoms with Gasteiger partial charge in [0.2, 0.25) is 0 Å². The summed E-state index contributed by atoms with van der Waals surface area (Å²) in [7, 11) is 0. The first-order valence-corrected chi connectivity index (χ1v) is 20.2. The number of aromatic nitrogens is 2. The number of alkyl halides is 1. The van der Waals surface area contributed by atoms with E-state index in [1.165, 1.54) is 6.07 Å². The summed E-state index contributed by atoms with van der Waals surface area (Å²) in [4.78, 5) is 16.6. The van der Waals surface area contributed by atoms with Crippen LogP contribution < -0.4 is 19.7 Å². The summed E-state index contributed by atoms with van der Waals surface area (Å²) in [5.74, 6) is -0.593. The van der Waals surface area contributed by atoms with Crippen molar-refractivity contribution in [2.24, 2.45) is 17.8 Å². The SMILES string of the molecule is CCc1cccc2cc(O)cc(-c3c(F)c4c5c(nc(OC[C@]67C[C@@H](F)CN6C[C@@H](CN6CCOCC6)C7)nc5c3F)N3CC5CCC(CNC5)C3CO4)c12. The van der Waals surface area contributed by atoms with Crippen molar-refractivity contribution in [3.8, 4) is 28.6 Å². The van der Waals surface area contributed by atoms with E-state index in [9.17, 15) is 5.11 Å². The quantitative estimate of drug-likeness (QED) is 0.244. The second-order valence-electron chi connectivity index (χ2n) is 16.8. The van der Waals surface area contributed by atoms with E-state index in [4.69, 9.17) is 24.2 Å². The van der Waals surface area contributed by atoms with E-state index in [-0.39, 0.29) is 64.7 Å². The predicted octanol–water partition coefficient (Wildman–Crippen LogP) is 5.71. The number of aryl methyl sites for hydroxylation is 1. The molecular formula is C42H49F3N6O4. The number of nitrogens with zero attached hydrogens (tertiary/aromatic N) is 5. The van der Waals surface area contributed by atoms with Crippen LogP contribution in [0.3, 0.4) is 0 Å². The Morgan fingerprint density at radius 1 is 1.02 bits per heavy atom. The molecule has 55 heavy (non-hydrogen) atoms. The number of benzene rings is 3. The van der Waals surface area contributed by atoms with Gasteiger partial charge in [-0.05, 0) is 84.0 Å². The van der Waals surface area contributed by atoms with Crippen molar-refractivity contribution in [1.29, 1.82) is 0 Å². The molecule has 5 fully saturated rings. The number of aromatic hydroxyl groups is 1. The Morgan fingerprint density at radius 2 is 1.89 bits per heavy atom. The zero-order valence-corrected chi connectivity index (χ0v) is 31.3. The number of rotatable bonds is 7. The highest BCUT2D eigenvalue weighted by Crippen LogP contribution is 2.49. The highest BCUT2D eigenvalue weighted by Gasteiger charge is 2.53. The second-order valence-corrected chi connectivity index (χ2v) is 16.8. The molecule has 0 aliphatic carbocycles. The van der Waals surface area contributed by atoms with Crippen LogP contribution in [0.1, 0.15) is 38.2 Å². The number of morpholine rings is 1. The van der Waals surface area contributed by atoms with Gasteiger partial charge in [0.1, 0.15) is 36.5 Å². The van der Waals surface area contributed by atoms with Crippen molar-refractivity contribution in [2.45, 2.75) is 56.8 Å². The summed E-state index contributed by atoms with van der Waals surface area (Å²) in [5, 5.41) is 16.0. The lowest BCUT2D eigenvalue weighted by Gasteiger charge is -2.37. The summed E-state index contributed by atoms with van der Waals surface area (Å²) >= 11 is 0. The van der Waals surface area contributed by atoms with Gasteiger partial charge in [0.25, 0.3) is 0 Å². The molecule has 13 heteroatoms. The molecule has 6 aliphatic heterocycles. The molecule has 10 nitrogen and oxygen atoms in total. The Bertz CT molecular complexity index is 2140. The lowest BCUT2D eigenvalue weighted by molar-refractivity contribution is 0.0308. The predicted molar refractivity (Wildman–Crippen MR) is 204 cm³/mol. The minimum atomic E-state index is -0.964. The van der Waals surface area contributed by atoms with Crippen LogP contribution in [0.15, 0.2) is 30.3 Å². The minimum absolute atomic E-state index is 0.0126. The number of halogens is 3. The van der Waals surface area contributed by atoms with E-state index in [1.807, 2.05) is 25.1 Å². The van der Waals surface area contributed by atoms with Gasteiger partial charge in [0.05, 0.1) is 35.7 Å². The summed E-state index contributed by atoms with van der Waals surface area (Å²) in [5.41, 5.74) is 0.200. The summed E-state index contributed by atoms with van der Waals surface area (Å²) in [6, 6.07) is 8.54. The van der Waals surface area contributed by atoms with Gasteiger partial charge in [-0.25, -0.2) is 13.2 Å². The number of hydrogen-bond donors (Lipinski definition) is 2. The highest BCUT2D eigenvalue weighted by molar-refractivity contribution is 6.05. The van der Waals surface area contributed by atoms with Crippen molar-refractivity contribution >= 4 is 27.5 Å². The number of phenolic OH excluding ortho intramolecular Hbond substituents is 1. The van der Waals surface area contributed by atoms with Gasteiger partial charge < -0.3 is 29.5 Å². The molecule has 10 rings (SSSR count). The molecule has 5 saturated heterocycles. The zero-order valence-electron chi connectivity index (χ0n) is 31.3. The number of phenols is 1. The minimum Gasteiger partial charge on any atom is -0.508 e. The number of ether oxygens (including phenoxy) is 3. The van der Waals surface area contributed by atoms with Crippen LogP contribution in [0.2, 0.25) is 0 Å². The van der Waals surface area contributed by atoms with Gasteiger partial charge in [0, 0.05) is 52.2 Å². The maximum absolute atomic E-state index is 17.5. The van der Waals surface area contributed by atoms with Gasteiger partial charge in [-0.15, -0.1) is 0 Å². The Labute approximate surface area is 318 Å². The van der Waals surface area contributed by atoms with E-state index >= 15 is 13.2 Å². The molecular weight excluding hydrogens is 709 g/mol. The molecule has 2 N–H and O–H groups in total. The molecule has 4 aromatic rings. The van der Waals surface area contributed by atoms with E-state index in [1.54, 1.807) is 6.07 Å². The fraction of sp³-hybridized carbons (Fsp3) is 0.571. The van der Waals surface area contributed by atoms with Gasteiger partial charge >= 0.3 is 6.01 Å². The first kappa shape index (κ1) is 35.5. The number of anilines is 1. The molecule has 0 saturated carbocycles. The molecule has 3 unspecified atom stereocenters.